The first-order valence-corrected chi connectivity index (χ1v) is 9.15. The smallest absolute Gasteiger partial charge is 0.325 e. The lowest BCUT2D eigenvalue weighted by atomic mass is 10.1. The van der Waals surface area contributed by atoms with Crippen LogP contribution in [0.15, 0.2) is 42.5 Å². The van der Waals surface area contributed by atoms with Crippen molar-refractivity contribution in [3.63, 3.8) is 0 Å². The van der Waals surface area contributed by atoms with Gasteiger partial charge in [-0.1, -0.05) is 29.8 Å². The van der Waals surface area contributed by atoms with Gasteiger partial charge in [0.2, 0.25) is 0 Å². The van der Waals surface area contributed by atoms with Crippen molar-refractivity contribution >= 4 is 50.7 Å². The third-order valence-corrected chi connectivity index (χ3v) is 5.41. The van der Waals surface area contributed by atoms with Crippen molar-refractivity contribution in [2.45, 2.75) is 0 Å². The summed E-state index contributed by atoms with van der Waals surface area (Å²) < 4.78 is 31.6. The SMILES string of the molecule is O=C(CNC(=O)c1sc2ccccc2c1Cl)OCC(=O)c1ccc(F)c(F)c1. The van der Waals surface area contributed by atoms with Gasteiger partial charge in [-0.2, -0.15) is 0 Å². The van der Waals surface area contributed by atoms with Gasteiger partial charge in [-0.25, -0.2) is 8.78 Å². The Bertz CT molecular complexity index is 1080. The number of ether oxygens (including phenoxy) is 1. The van der Waals surface area contributed by atoms with Gasteiger partial charge in [0, 0.05) is 15.6 Å². The van der Waals surface area contributed by atoms with Gasteiger partial charge in [0.15, 0.2) is 24.0 Å². The lowest BCUT2D eigenvalue weighted by molar-refractivity contribution is -0.141. The average molecular weight is 424 g/mol. The van der Waals surface area contributed by atoms with Crippen LogP contribution in [0, 0.1) is 11.6 Å². The minimum absolute atomic E-state index is 0.132. The molecule has 3 rings (SSSR count). The van der Waals surface area contributed by atoms with Gasteiger partial charge in [0.1, 0.15) is 11.4 Å². The maximum atomic E-state index is 13.1. The number of carbonyl (C=O) groups is 3. The van der Waals surface area contributed by atoms with Crippen LogP contribution in [0.4, 0.5) is 8.78 Å². The normalized spacial score (nSPS) is 10.7. The van der Waals surface area contributed by atoms with Gasteiger partial charge in [0.05, 0.1) is 5.02 Å². The lowest BCUT2D eigenvalue weighted by Gasteiger charge is -2.06. The van der Waals surface area contributed by atoms with Gasteiger partial charge in [-0.05, 0) is 24.3 Å². The third kappa shape index (κ3) is 4.35. The Morgan fingerprint density at radius 3 is 2.54 bits per heavy atom. The molecule has 9 heteroatoms. The minimum Gasteiger partial charge on any atom is -0.456 e. The molecule has 0 atom stereocenters. The molecule has 0 aliphatic heterocycles. The standard InChI is InChI=1S/C19H12ClF2NO4S/c20-17-11-3-1-2-4-15(11)28-18(17)19(26)23-8-16(25)27-9-14(24)10-5-6-12(21)13(22)7-10/h1-7H,8-9H2,(H,23,26). The number of hydrogen-bond donors (Lipinski definition) is 1. The number of Topliss-reactive ketones (excluding diaryl/α,β-unsaturated/α-hetero) is 1. The topological polar surface area (TPSA) is 72.5 Å². The van der Waals surface area contributed by atoms with Crippen molar-refractivity contribution in [2.75, 3.05) is 13.2 Å². The number of ketones is 1. The molecule has 5 nitrogen and oxygen atoms in total. The maximum Gasteiger partial charge on any atom is 0.325 e. The Morgan fingerprint density at radius 2 is 1.82 bits per heavy atom. The summed E-state index contributed by atoms with van der Waals surface area (Å²) in [6, 6.07) is 9.82. The molecule has 28 heavy (non-hydrogen) atoms. The van der Waals surface area contributed by atoms with Crippen LogP contribution in [0.1, 0.15) is 20.0 Å². The highest BCUT2D eigenvalue weighted by Gasteiger charge is 2.18. The van der Waals surface area contributed by atoms with E-state index in [1.807, 2.05) is 12.1 Å². The molecule has 1 heterocycles. The fourth-order valence-electron chi connectivity index (χ4n) is 2.34. The zero-order chi connectivity index (χ0) is 20.3. The summed E-state index contributed by atoms with van der Waals surface area (Å²) in [4.78, 5) is 36.1. The van der Waals surface area contributed by atoms with Crippen LogP contribution in [0.2, 0.25) is 5.02 Å². The van der Waals surface area contributed by atoms with Gasteiger partial charge in [-0.3, -0.25) is 14.4 Å². The van der Waals surface area contributed by atoms with Gasteiger partial charge < -0.3 is 10.1 Å². The minimum atomic E-state index is -1.18. The van der Waals surface area contributed by atoms with Crippen LogP contribution in [0.25, 0.3) is 10.1 Å². The van der Waals surface area contributed by atoms with E-state index in [9.17, 15) is 23.2 Å². The molecular formula is C19H12ClF2NO4S. The van der Waals surface area contributed by atoms with Crippen LogP contribution in [0.3, 0.4) is 0 Å². The van der Waals surface area contributed by atoms with Crippen molar-refractivity contribution in [2.24, 2.45) is 0 Å². The zero-order valence-corrected chi connectivity index (χ0v) is 15.7. The molecule has 0 unspecified atom stereocenters. The number of thiophene rings is 1. The van der Waals surface area contributed by atoms with Crippen molar-refractivity contribution in [1.29, 1.82) is 0 Å². The molecule has 0 radical (unpaired) electrons. The van der Waals surface area contributed by atoms with Crippen molar-refractivity contribution in [3.8, 4) is 0 Å². The lowest BCUT2D eigenvalue weighted by Crippen LogP contribution is -2.31. The Hall–Kier alpha value is -2.84. The fraction of sp³-hybridized carbons (Fsp3) is 0.105. The number of fused-ring (bicyclic) bond motifs is 1. The number of amides is 1. The van der Waals surface area contributed by atoms with E-state index in [0.717, 1.165) is 28.3 Å². The van der Waals surface area contributed by atoms with Gasteiger partial charge in [-0.15, -0.1) is 11.3 Å². The second-order valence-corrected chi connectivity index (χ2v) is 7.07. The summed E-state index contributed by atoms with van der Waals surface area (Å²) in [5, 5.41) is 3.40. The number of rotatable bonds is 6. The highest BCUT2D eigenvalue weighted by molar-refractivity contribution is 7.21. The summed E-state index contributed by atoms with van der Waals surface area (Å²) in [5.41, 5.74) is -0.132. The predicted molar refractivity (Wildman–Crippen MR) is 101 cm³/mol. The highest BCUT2D eigenvalue weighted by atomic mass is 35.5. The Labute approximate surface area is 166 Å². The first kappa shape index (κ1) is 19.9. The first-order chi connectivity index (χ1) is 13.4. The molecule has 0 spiro atoms. The molecule has 0 aliphatic carbocycles. The Kier molecular flexibility index (Phi) is 6.01. The van der Waals surface area contributed by atoms with Crippen LogP contribution in [0.5, 0.6) is 0 Å². The molecular weight excluding hydrogens is 412 g/mol. The molecule has 0 saturated heterocycles. The van der Waals surface area contributed by atoms with Crippen molar-refractivity contribution in [1.82, 2.24) is 5.32 Å². The Morgan fingerprint density at radius 1 is 1.07 bits per heavy atom. The van der Waals surface area contributed by atoms with E-state index in [4.69, 9.17) is 16.3 Å². The van der Waals surface area contributed by atoms with E-state index in [1.54, 1.807) is 12.1 Å². The zero-order valence-electron chi connectivity index (χ0n) is 14.1. The molecule has 3 aromatic rings. The molecule has 0 aliphatic rings. The van der Waals surface area contributed by atoms with Crippen LogP contribution in [-0.2, 0) is 9.53 Å². The fourth-order valence-corrected chi connectivity index (χ4v) is 3.78. The van der Waals surface area contributed by atoms with Gasteiger partial charge >= 0.3 is 5.97 Å². The third-order valence-electron chi connectivity index (χ3n) is 3.74. The van der Waals surface area contributed by atoms with E-state index in [2.05, 4.69) is 5.32 Å². The van der Waals surface area contributed by atoms with Crippen molar-refractivity contribution in [3.05, 3.63) is 69.6 Å². The summed E-state index contributed by atoms with van der Waals surface area (Å²) in [6.07, 6.45) is 0. The van der Waals surface area contributed by atoms with Crippen LogP contribution < -0.4 is 5.32 Å². The molecule has 2 aromatic carbocycles. The number of hydrogen-bond acceptors (Lipinski definition) is 5. The number of nitrogens with one attached hydrogen (secondary N) is 1. The number of carbonyl (C=O) groups excluding carboxylic acids is 3. The monoisotopic (exact) mass is 423 g/mol. The van der Waals surface area contributed by atoms with E-state index < -0.39 is 42.4 Å². The number of benzene rings is 2. The second kappa shape index (κ2) is 8.45. The quantitative estimate of drug-likeness (QED) is 0.480. The number of esters is 1. The molecule has 0 saturated carbocycles. The molecule has 1 N–H and O–H groups in total. The summed E-state index contributed by atoms with van der Waals surface area (Å²) in [7, 11) is 0. The van der Waals surface area contributed by atoms with E-state index >= 15 is 0 Å². The maximum absolute atomic E-state index is 13.1. The van der Waals surface area contributed by atoms with E-state index in [-0.39, 0.29) is 10.4 Å². The van der Waals surface area contributed by atoms with Gasteiger partial charge in [0.25, 0.3) is 5.91 Å². The first-order valence-electron chi connectivity index (χ1n) is 7.96. The van der Waals surface area contributed by atoms with E-state index in [1.165, 1.54) is 11.3 Å². The highest BCUT2D eigenvalue weighted by Crippen LogP contribution is 2.34. The van der Waals surface area contributed by atoms with E-state index in [0.29, 0.717) is 5.02 Å². The summed E-state index contributed by atoms with van der Waals surface area (Å²) in [5.74, 6) is -4.37. The summed E-state index contributed by atoms with van der Waals surface area (Å²) >= 11 is 7.38. The molecule has 144 valence electrons. The number of halogens is 3. The van der Waals surface area contributed by atoms with Crippen molar-refractivity contribution < 1.29 is 27.9 Å². The van der Waals surface area contributed by atoms with Crippen LogP contribution >= 0.6 is 22.9 Å². The molecule has 0 fully saturated rings. The average Bonchev–Trinajstić information content (AvgIpc) is 3.03. The molecule has 1 aromatic heterocycles. The Balaban J connectivity index is 1.53. The molecule has 1 amide bonds. The molecule has 0 bridgehead atoms. The van der Waals surface area contributed by atoms with Crippen LogP contribution in [-0.4, -0.2) is 30.8 Å². The predicted octanol–water partition coefficient (Wildman–Crippen LogP) is 3.99. The summed E-state index contributed by atoms with van der Waals surface area (Å²) in [6.45, 7) is -1.14. The largest absolute Gasteiger partial charge is 0.456 e. The second-order valence-electron chi connectivity index (χ2n) is 5.64.